The summed E-state index contributed by atoms with van der Waals surface area (Å²) >= 11 is 1.79. The molecule has 0 radical (unpaired) electrons. The molecule has 0 unspecified atom stereocenters. The summed E-state index contributed by atoms with van der Waals surface area (Å²) in [7, 11) is 0. The van der Waals surface area contributed by atoms with E-state index in [2.05, 4.69) is 5.16 Å². The first-order valence-electron chi connectivity index (χ1n) is 5.37. The summed E-state index contributed by atoms with van der Waals surface area (Å²) in [5.41, 5.74) is 7.29. The van der Waals surface area contributed by atoms with Crippen LogP contribution < -0.4 is 5.73 Å². The van der Waals surface area contributed by atoms with Crippen LogP contribution in [-0.4, -0.2) is 19.4 Å². The van der Waals surface area contributed by atoms with Gasteiger partial charge in [0.25, 0.3) is 0 Å². The number of carbonyl (C=O) groups excluding carboxylic acids is 1. The molecule has 0 saturated heterocycles. The van der Waals surface area contributed by atoms with Crippen molar-refractivity contribution in [3.05, 3.63) is 36.0 Å². The molecule has 0 bridgehead atoms. The average Bonchev–Trinajstić information content (AvgIpc) is 2.78. The van der Waals surface area contributed by atoms with Crippen LogP contribution in [0.1, 0.15) is 12.0 Å². The zero-order valence-electron chi connectivity index (χ0n) is 9.51. The second-order valence-corrected chi connectivity index (χ2v) is 5.04. The van der Waals surface area contributed by atoms with Gasteiger partial charge in [0.1, 0.15) is 0 Å². The molecule has 2 rings (SSSR count). The molecule has 2 aromatic rings. The third-order valence-corrected chi connectivity index (χ3v) is 3.29. The van der Waals surface area contributed by atoms with Gasteiger partial charge in [-0.1, -0.05) is 17.3 Å². The molecule has 0 aliphatic heterocycles. The summed E-state index contributed by atoms with van der Waals surface area (Å²) in [5, 5.41) is 12.7. The van der Waals surface area contributed by atoms with Crippen LogP contribution in [0.4, 0.5) is 0 Å². The predicted octanol–water partition coefficient (Wildman–Crippen LogP) is 2.09. The van der Waals surface area contributed by atoms with Crippen molar-refractivity contribution in [1.29, 1.82) is 0 Å². The number of carbonyl (C=O) groups is 1. The van der Waals surface area contributed by atoms with Crippen molar-refractivity contribution in [3.8, 4) is 0 Å². The molecule has 94 valence electrons. The van der Waals surface area contributed by atoms with Crippen molar-refractivity contribution in [2.24, 2.45) is 10.9 Å². The number of aryl methyl sites for hydroxylation is 1. The van der Waals surface area contributed by atoms with E-state index in [9.17, 15) is 4.79 Å². The summed E-state index contributed by atoms with van der Waals surface area (Å²) in [4.78, 5) is 11.0. The van der Waals surface area contributed by atoms with Gasteiger partial charge in [0.2, 0.25) is 0 Å². The van der Waals surface area contributed by atoms with Gasteiger partial charge < -0.3 is 15.5 Å². The standard InChI is InChI=1S/C12H12IN3O2/c13-11(17)5-7-16-6-4-8-9(12(14)15-18)2-1-3-10(8)16/h1-4,6,18H,5,7H2,(H2,14,15). The molecule has 0 aliphatic rings. The van der Waals surface area contributed by atoms with Gasteiger partial charge in [-0.05, 0) is 34.7 Å². The average molecular weight is 357 g/mol. The number of benzene rings is 1. The minimum atomic E-state index is 0.0864. The van der Waals surface area contributed by atoms with Crippen molar-refractivity contribution < 1.29 is 10.0 Å². The quantitative estimate of drug-likeness (QED) is 0.220. The Morgan fingerprint density at radius 3 is 2.89 bits per heavy atom. The van der Waals surface area contributed by atoms with Crippen molar-refractivity contribution in [2.45, 2.75) is 13.0 Å². The molecule has 0 amide bonds. The number of nitrogens with two attached hydrogens (primary N) is 1. The van der Waals surface area contributed by atoms with E-state index in [0.717, 1.165) is 10.9 Å². The van der Waals surface area contributed by atoms with Crippen LogP contribution in [0.2, 0.25) is 0 Å². The Morgan fingerprint density at radius 2 is 2.22 bits per heavy atom. The van der Waals surface area contributed by atoms with E-state index < -0.39 is 0 Å². The summed E-state index contributed by atoms with van der Waals surface area (Å²) in [6.07, 6.45) is 2.39. The van der Waals surface area contributed by atoms with Crippen molar-refractivity contribution in [3.63, 3.8) is 0 Å². The highest BCUT2D eigenvalue weighted by Crippen LogP contribution is 2.20. The lowest BCUT2D eigenvalue weighted by atomic mass is 10.1. The molecule has 0 saturated carbocycles. The first-order chi connectivity index (χ1) is 8.63. The number of nitrogens with zero attached hydrogens (tertiary/aromatic N) is 2. The Hall–Kier alpha value is -1.57. The maximum absolute atomic E-state index is 11.0. The van der Waals surface area contributed by atoms with Crippen molar-refractivity contribution in [1.82, 2.24) is 4.57 Å². The molecular weight excluding hydrogens is 345 g/mol. The number of oxime groups is 1. The number of rotatable bonds is 4. The molecule has 18 heavy (non-hydrogen) atoms. The summed E-state index contributed by atoms with van der Waals surface area (Å²) < 4.78 is 2.11. The van der Waals surface area contributed by atoms with Gasteiger partial charge in [0.05, 0.1) is 0 Å². The fraction of sp³-hybridized carbons (Fsp3) is 0.167. The molecule has 1 aromatic carbocycles. The molecule has 0 atom stereocenters. The third kappa shape index (κ3) is 2.47. The zero-order valence-corrected chi connectivity index (χ0v) is 11.7. The van der Waals surface area contributed by atoms with Gasteiger partial charge in [0.15, 0.2) is 9.63 Å². The molecule has 3 N–H and O–H groups in total. The smallest absolute Gasteiger partial charge is 0.194 e. The second-order valence-electron chi connectivity index (χ2n) is 3.84. The van der Waals surface area contributed by atoms with Crippen LogP contribution in [0.25, 0.3) is 10.9 Å². The van der Waals surface area contributed by atoms with Gasteiger partial charge in [-0.2, -0.15) is 0 Å². The highest BCUT2D eigenvalue weighted by atomic mass is 127. The van der Waals surface area contributed by atoms with Gasteiger partial charge in [-0.3, -0.25) is 4.79 Å². The van der Waals surface area contributed by atoms with E-state index in [1.165, 1.54) is 0 Å². The minimum Gasteiger partial charge on any atom is -0.409 e. The van der Waals surface area contributed by atoms with E-state index in [1.807, 2.05) is 29.0 Å². The Labute approximate surface area is 117 Å². The Morgan fingerprint density at radius 1 is 1.44 bits per heavy atom. The molecule has 0 fully saturated rings. The first-order valence-corrected chi connectivity index (χ1v) is 6.45. The van der Waals surface area contributed by atoms with E-state index in [-0.39, 0.29) is 9.63 Å². The SMILES string of the molecule is N/C(=N\O)c1cccc2c1ccn2CCC(=O)I. The Kier molecular flexibility index (Phi) is 3.85. The van der Waals surface area contributed by atoms with Crippen LogP contribution in [0.5, 0.6) is 0 Å². The van der Waals surface area contributed by atoms with E-state index >= 15 is 0 Å². The number of aromatic nitrogens is 1. The van der Waals surface area contributed by atoms with Crippen LogP contribution in [0.3, 0.4) is 0 Å². The van der Waals surface area contributed by atoms with Crippen LogP contribution in [-0.2, 0) is 11.3 Å². The minimum absolute atomic E-state index is 0.0864. The highest BCUT2D eigenvalue weighted by molar-refractivity contribution is 14.1. The molecule has 1 heterocycles. The van der Waals surface area contributed by atoms with Crippen molar-refractivity contribution >= 4 is 43.1 Å². The number of hydrogen-bond acceptors (Lipinski definition) is 3. The van der Waals surface area contributed by atoms with Gasteiger partial charge in [0, 0.05) is 35.6 Å². The normalized spacial score (nSPS) is 11.9. The van der Waals surface area contributed by atoms with Crippen LogP contribution in [0.15, 0.2) is 35.6 Å². The maximum Gasteiger partial charge on any atom is 0.194 e. The Bertz CT molecular complexity index is 619. The number of amidine groups is 1. The molecule has 5 nitrogen and oxygen atoms in total. The molecule has 6 heteroatoms. The highest BCUT2D eigenvalue weighted by Gasteiger charge is 2.09. The fourth-order valence-corrected chi connectivity index (χ4v) is 2.15. The zero-order chi connectivity index (χ0) is 13.1. The third-order valence-electron chi connectivity index (χ3n) is 2.75. The largest absolute Gasteiger partial charge is 0.409 e. The van der Waals surface area contributed by atoms with Crippen LogP contribution >= 0.6 is 22.6 Å². The summed E-state index contributed by atoms with van der Waals surface area (Å²) in [5.74, 6) is 0.0864. The van der Waals surface area contributed by atoms with Crippen molar-refractivity contribution in [2.75, 3.05) is 0 Å². The molecule has 1 aromatic heterocycles. The topological polar surface area (TPSA) is 80.6 Å². The lowest BCUT2D eigenvalue weighted by Gasteiger charge is -2.05. The van der Waals surface area contributed by atoms with E-state index in [0.29, 0.717) is 18.5 Å². The number of fused-ring (bicyclic) bond motifs is 1. The fourth-order valence-electron chi connectivity index (χ4n) is 1.90. The number of hydrogen-bond donors (Lipinski definition) is 2. The molecule has 0 spiro atoms. The predicted molar refractivity (Wildman–Crippen MR) is 78.1 cm³/mol. The second kappa shape index (κ2) is 5.38. The van der Waals surface area contributed by atoms with E-state index in [4.69, 9.17) is 10.9 Å². The Balaban J connectivity index is 2.45. The molecule has 0 aliphatic carbocycles. The number of halogens is 1. The first kappa shape index (κ1) is 12.9. The van der Waals surface area contributed by atoms with E-state index in [1.54, 1.807) is 28.7 Å². The lowest BCUT2D eigenvalue weighted by molar-refractivity contribution is -0.109. The summed E-state index contributed by atoms with van der Waals surface area (Å²) in [6, 6.07) is 7.49. The molecular formula is C12H12IN3O2. The van der Waals surface area contributed by atoms with Gasteiger partial charge in [-0.15, -0.1) is 0 Å². The lowest BCUT2D eigenvalue weighted by Crippen LogP contribution is -2.13. The van der Waals surface area contributed by atoms with Gasteiger partial charge >= 0.3 is 0 Å². The van der Waals surface area contributed by atoms with Crippen LogP contribution in [0, 0.1) is 0 Å². The summed E-state index contributed by atoms with van der Waals surface area (Å²) in [6.45, 7) is 0.630. The monoisotopic (exact) mass is 357 g/mol. The van der Waals surface area contributed by atoms with Gasteiger partial charge in [-0.25, -0.2) is 0 Å². The maximum atomic E-state index is 11.0.